The molecular weight excluding hydrogens is 344 g/mol. The number of benzene rings is 1. The number of carbonyl (C=O) groups excluding carboxylic acids is 2. The Morgan fingerprint density at radius 1 is 1.32 bits per heavy atom. The first-order valence-corrected chi connectivity index (χ1v) is 8.49. The van der Waals surface area contributed by atoms with Gasteiger partial charge in [-0.1, -0.05) is 11.6 Å². The number of amides is 2. The number of nitriles is 1. The highest BCUT2D eigenvalue weighted by atomic mass is 35.5. The smallest absolute Gasteiger partial charge is 0.240 e. The van der Waals surface area contributed by atoms with E-state index in [2.05, 4.69) is 0 Å². The summed E-state index contributed by atoms with van der Waals surface area (Å²) in [5.74, 6) is -2.06. The monoisotopic (exact) mass is 360 g/mol. The van der Waals surface area contributed by atoms with Crippen LogP contribution in [0.3, 0.4) is 0 Å². The van der Waals surface area contributed by atoms with E-state index in [9.17, 15) is 14.7 Å². The summed E-state index contributed by atoms with van der Waals surface area (Å²) in [5.41, 5.74) is -0.739. The summed E-state index contributed by atoms with van der Waals surface area (Å²) in [6, 6.07) is 5.06. The van der Waals surface area contributed by atoms with Gasteiger partial charge in [0.15, 0.2) is 0 Å². The first kappa shape index (κ1) is 16.5. The topological polar surface area (TPSA) is 90.6 Å². The molecule has 1 aromatic carbocycles. The highest BCUT2D eigenvalue weighted by molar-refractivity contribution is 6.33. The van der Waals surface area contributed by atoms with Crippen LogP contribution in [0.15, 0.2) is 12.1 Å². The van der Waals surface area contributed by atoms with Gasteiger partial charge in [0.2, 0.25) is 11.8 Å². The van der Waals surface area contributed by atoms with Gasteiger partial charge in [0.25, 0.3) is 0 Å². The third-order valence-corrected chi connectivity index (χ3v) is 6.50. The first-order valence-electron chi connectivity index (χ1n) is 8.11. The van der Waals surface area contributed by atoms with Crippen LogP contribution in [0.4, 0.5) is 5.69 Å². The number of nitrogens with zero attached hydrogens (tertiary/aromatic N) is 2. The highest BCUT2D eigenvalue weighted by Crippen LogP contribution is 2.61. The van der Waals surface area contributed by atoms with E-state index in [1.54, 1.807) is 26.8 Å². The van der Waals surface area contributed by atoms with Crippen molar-refractivity contribution in [2.24, 2.45) is 11.8 Å². The molecule has 1 N–H and O–H groups in total. The van der Waals surface area contributed by atoms with E-state index in [-0.39, 0.29) is 16.8 Å². The lowest BCUT2D eigenvalue weighted by Gasteiger charge is -2.31. The van der Waals surface area contributed by atoms with Crippen LogP contribution >= 0.6 is 11.6 Å². The summed E-state index contributed by atoms with van der Waals surface area (Å²) in [5, 5.41) is 19.7. The van der Waals surface area contributed by atoms with Gasteiger partial charge in [-0.2, -0.15) is 5.26 Å². The molecule has 2 bridgehead atoms. The van der Waals surface area contributed by atoms with E-state index in [0.717, 1.165) is 4.90 Å². The van der Waals surface area contributed by atoms with Crippen molar-refractivity contribution in [2.75, 3.05) is 4.90 Å². The second-order valence-corrected chi connectivity index (χ2v) is 7.85. The van der Waals surface area contributed by atoms with Gasteiger partial charge in [-0.25, -0.2) is 4.90 Å². The lowest BCUT2D eigenvalue weighted by Crippen LogP contribution is -2.49. The molecule has 0 aromatic heterocycles. The lowest BCUT2D eigenvalue weighted by atomic mass is 9.67. The van der Waals surface area contributed by atoms with Crippen molar-refractivity contribution in [3.05, 3.63) is 28.3 Å². The molecule has 3 heterocycles. The van der Waals surface area contributed by atoms with E-state index in [0.29, 0.717) is 23.2 Å². The molecule has 25 heavy (non-hydrogen) atoms. The van der Waals surface area contributed by atoms with E-state index < -0.39 is 29.1 Å². The molecule has 3 aliphatic rings. The molecule has 3 saturated heterocycles. The zero-order valence-electron chi connectivity index (χ0n) is 14.0. The maximum absolute atomic E-state index is 13.1. The number of aliphatic hydroxyl groups excluding tert-OH is 1. The minimum absolute atomic E-state index is 0.231. The molecule has 6 nitrogen and oxygen atoms in total. The van der Waals surface area contributed by atoms with Gasteiger partial charge in [-0.15, -0.1) is 0 Å². The van der Waals surface area contributed by atoms with Crippen molar-refractivity contribution in [3.63, 3.8) is 0 Å². The Labute approximate surface area is 149 Å². The van der Waals surface area contributed by atoms with E-state index in [1.807, 2.05) is 6.07 Å². The number of hydrogen-bond acceptors (Lipinski definition) is 5. The largest absolute Gasteiger partial charge is 0.390 e. The minimum atomic E-state index is -1.06. The van der Waals surface area contributed by atoms with Crippen LogP contribution in [0.1, 0.15) is 31.4 Å². The number of imide groups is 1. The Balaban J connectivity index is 1.84. The Hall–Kier alpha value is -1.94. The molecule has 1 aromatic rings. The van der Waals surface area contributed by atoms with Crippen molar-refractivity contribution < 1.29 is 19.4 Å². The maximum Gasteiger partial charge on any atom is 0.240 e. The van der Waals surface area contributed by atoms with Crippen molar-refractivity contribution in [2.45, 2.75) is 44.5 Å². The van der Waals surface area contributed by atoms with Gasteiger partial charge >= 0.3 is 0 Å². The number of ether oxygens (including phenoxy) is 1. The van der Waals surface area contributed by atoms with Crippen LogP contribution < -0.4 is 4.90 Å². The molecule has 0 unspecified atom stereocenters. The fourth-order valence-electron chi connectivity index (χ4n) is 4.76. The fraction of sp³-hybridized carbons (Fsp3) is 0.500. The molecule has 3 aliphatic heterocycles. The second kappa shape index (κ2) is 4.82. The number of halogens is 1. The van der Waals surface area contributed by atoms with E-state index >= 15 is 0 Å². The van der Waals surface area contributed by atoms with Crippen LogP contribution in [0.2, 0.25) is 5.02 Å². The summed E-state index contributed by atoms with van der Waals surface area (Å²) >= 11 is 6.20. The van der Waals surface area contributed by atoms with Crippen LogP contribution in [0, 0.1) is 30.1 Å². The molecule has 5 atom stereocenters. The van der Waals surface area contributed by atoms with E-state index in [1.165, 1.54) is 6.07 Å². The number of aliphatic hydroxyl groups is 1. The van der Waals surface area contributed by atoms with Crippen molar-refractivity contribution in [1.82, 2.24) is 0 Å². The van der Waals surface area contributed by atoms with Crippen LogP contribution in [0.5, 0.6) is 0 Å². The molecule has 0 radical (unpaired) electrons. The number of carbonyl (C=O) groups is 2. The maximum atomic E-state index is 13.1. The second-order valence-electron chi connectivity index (χ2n) is 7.47. The Kier molecular flexibility index (Phi) is 3.19. The van der Waals surface area contributed by atoms with Gasteiger partial charge in [0, 0.05) is 6.42 Å². The summed E-state index contributed by atoms with van der Waals surface area (Å²) in [4.78, 5) is 27.3. The summed E-state index contributed by atoms with van der Waals surface area (Å²) in [6.07, 6.45) is -0.467. The zero-order chi connectivity index (χ0) is 18.3. The van der Waals surface area contributed by atoms with E-state index in [4.69, 9.17) is 21.6 Å². The van der Waals surface area contributed by atoms with Gasteiger partial charge in [-0.05, 0) is 38.5 Å². The third kappa shape index (κ3) is 1.81. The Morgan fingerprint density at radius 3 is 2.60 bits per heavy atom. The lowest BCUT2D eigenvalue weighted by molar-refractivity contribution is -0.132. The molecular formula is C18H17ClN2O4. The first-order chi connectivity index (χ1) is 11.7. The molecule has 0 aliphatic carbocycles. The number of rotatable bonds is 1. The van der Waals surface area contributed by atoms with Crippen molar-refractivity contribution in [1.29, 1.82) is 5.26 Å². The third-order valence-electron chi connectivity index (χ3n) is 6.01. The number of fused-ring (bicyclic) bond motifs is 5. The Bertz CT molecular complexity index is 879. The molecule has 0 saturated carbocycles. The normalized spacial score (nSPS) is 39.0. The molecule has 130 valence electrons. The standard InChI is InChI=1S/C18H17ClN2O4/c1-8-10(5-4-9(7-20)14(8)19)21-15(23)12-13(16(21)24)18(3)11(22)6-17(12,2)25-18/h4-5,11-13,22H,6H2,1-3H3/t11-,12+,13-,17+,18-/m0/s1. The van der Waals surface area contributed by atoms with Crippen LogP contribution in [-0.4, -0.2) is 34.2 Å². The SMILES string of the molecule is Cc1c(N2C(=O)[C@@H]3[C@H](C2=O)[C@@]2(C)C[C@H](O)[C@]3(C)O2)ccc(C#N)c1Cl. The van der Waals surface area contributed by atoms with Crippen LogP contribution in [-0.2, 0) is 14.3 Å². The molecule has 2 amide bonds. The fourth-order valence-corrected chi connectivity index (χ4v) is 4.96. The van der Waals surface area contributed by atoms with Crippen molar-refractivity contribution in [3.8, 4) is 6.07 Å². The molecule has 0 spiro atoms. The zero-order valence-corrected chi connectivity index (χ0v) is 14.8. The average molecular weight is 361 g/mol. The molecule has 7 heteroatoms. The van der Waals surface area contributed by atoms with Crippen molar-refractivity contribution >= 4 is 29.1 Å². The Morgan fingerprint density at radius 2 is 1.96 bits per heavy atom. The van der Waals surface area contributed by atoms with Gasteiger partial charge in [0.05, 0.1) is 39.8 Å². The molecule has 4 rings (SSSR count). The molecule has 3 fully saturated rings. The van der Waals surface area contributed by atoms with Gasteiger partial charge in [-0.3, -0.25) is 9.59 Å². The number of hydrogen-bond donors (Lipinski definition) is 1. The summed E-state index contributed by atoms with van der Waals surface area (Å²) < 4.78 is 5.95. The number of anilines is 1. The predicted molar refractivity (Wildman–Crippen MR) is 88.9 cm³/mol. The van der Waals surface area contributed by atoms with Gasteiger partial charge < -0.3 is 9.84 Å². The summed E-state index contributed by atoms with van der Waals surface area (Å²) in [7, 11) is 0. The average Bonchev–Trinajstić information content (AvgIpc) is 3.05. The minimum Gasteiger partial charge on any atom is -0.390 e. The summed E-state index contributed by atoms with van der Waals surface area (Å²) in [6.45, 7) is 5.15. The highest BCUT2D eigenvalue weighted by Gasteiger charge is 2.75. The quantitative estimate of drug-likeness (QED) is 0.773. The predicted octanol–water partition coefficient (Wildman–Crippen LogP) is 1.94. The van der Waals surface area contributed by atoms with Gasteiger partial charge in [0.1, 0.15) is 11.7 Å². The van der Waals surface area contributed by atoms with Crippen LogP contribution in [0.25, 0.3) is 0 Å².